The third-order valence-corrected chi connectivity index (χ3v) is 3.16. The molecular formula is C16H24F3NO. The van der Waals surface area contributed by atoms with Gasteiger partial charge in [0.05, 0.1) is 0 Å². The molecule has 0 saturated heterocycles. The maximum atomic E-state index is 12.0. The molecule has 0 spiro atoms. The molecule has 21 heavy (non-hydrogen) atoms. The van der Waals surface area contributed by atoms with Gasteiger partial charge < -0.3 is 10.1 Å². The van der Waals surface area contributed by atoms with Gasteiger partial charge >= 0.3 is 6.18 Å². The van der Waals surface area contributed by atoms with Crippen LogP contribution in [0.3, 0.4) is 0 Å². The molecule has 1 rings (SSSR count). The molecule has 0 saturated carbocycles. The van der Waals surface area contributed by atoms with Crippen molar-refractivity contribution < 1.29 is 17.9 Å². The Morgan fingerprint density at radius 2 is 2.00 bits per heavy atom. The minimum atomic E-state index is -4.26. The number of nitrogens with one attached hydrogen (secondary N) is 1. The van der Waals surface area contributed by atoms with Crippen LogP contribution in [0.25, 0.3) is 0 Å². The summed E-state index contributed by atoms with van der Waals surface area (Å²) in [7, 11) is 0. The van der Waals surface area contributed by atoms with E-state index in [9.17, 15) is 13.2 Å². The molecular weight excluding hydrogens is 279 g/mol. The zero-order valence-corrected chi connectivity index (χ0v) is 12.7. The first-order valence-corrected chi connectivity index (χ1v) is 7.43. The molecule has 0 aliphatic carbocycles. The molecule has 1 aromatic rings. The van der Waals surface area contributed by atoms with Gasteiger partial charge in [0, 0.05) is 12.6 Å². The highest BCUT2D eigenvalue weighted by Gasteiger charge is 2.27. The molecule has 0 fully saturated rings. The second-order valence-electron chi connectivity index (χ2n) is 5.06. The van der Waals surface area contributed by atoms with Crippen LogP contribution in [0.15, 0.2) is 24.3 Å². The van der Waals surface area contributed by atoms with E-state index >= 15 is 0 Å². The Morgan fingerprint density at radius 3 is 2.62 bits per heavy atom. The van der Waals surface area contributed by atoms with Gasteiger partial charge in [-0.25, -0.2) is 0 Å². The van der Waals surface area contributed by atoms with Crippen LogP contribution >= 0.6 is 0 Å². The lowest BCUT2D eigenvalue weighted by Gasteiger charge is -2.19. The minimum Gasteiger partial charge on any atom is -0.372 e. The summed E-state index contributed by atoms with van der Waals surface area (Å²) < 4.78 is 40.9. The number of benzene rings is 1. The van der Waals surface area contributed by atoms with Gasteiger partial charge in [0.1, 0.15) is 6.61 Å². The van der Waals surface area contributed by atoms with Gasteiger partial charge in [0.15, 0.2) is 0 Å². The molecule has 1 N–H and O–H groups in total. The van der Waals surface area contributed by atoms with Crippen LogP contribution in [0.1, 0.15) is 43.9 Å². The van der Waals surface area contributed by atoms with Crippen molar-refractivity contribution in [1.82, 2.24) is 5.32 Å². The van der Waals surface area contributed by atoms with Crippen LogP contribution in [-0.2, 0) is 11.2 Å². The van der Waals surface area contributed by atoms with E-state index in [0.29, 0.717) is 6.42 Å². The fourth-order valence-electron chi connectivity index (χ4n) is 2.28. The van der Waals surface area contributed by atoms with Gasteiger partial charge in [-0.2, -0.15) is 13.2 Å². The van der Waals surface area contributed by atoms with Gasteiger partial charge in [0.2, 0.25) is 0 Å². The third kappa shape index (κ3) is 7.48. The molecule has 0 heterocycles. The molecule has 120 valence electrons. The smallest absolute Gasteiger partial charge is 0.372 e. The molecule has 0 radical (unpaired) electrons. The molecule has 0 aromatic heterocycles. The quantitative estimate of drug-likeness (QED) is 0.688. The number of alkyl halides is 3. The van der Waals surface area contributed by atoms with Crippen LogP contribution in [0, 0.1) is 0 Å². The Hall–Kier alpha value is -1.07. The van der Waals surface area contributed by atoms with Crippen molar-refractivity contribution in [2.75, 3.05) is 19.8 Å². The molecule has 1 atom stereocenters. The van der Waals surface area contributed by atoms with Gasteiger partial charge in [-0.1, -0.05) is 44.5 Å². The van der Waals surface area contributed by atoms with E-state index in [-0.39, 0.29) is 12.6 Å². The van der Waals surface area contributed by atoms with Crippen molar-refractivity contribution in [3.63, 3.8) is 0 Å². The van der Waals surface area contributed by atoms with Crippen molar-refractivity contribution in [3.8, 4) is 0 Å². The predicted octanol–water partition coefficient (Wildman–Crippen LogP) is 4.26. The molecule has 0 amide bonds. The fraction of sp³-hybridized carbons (Fsp3) is 0.625. The molecule has 0 aliphatic heterocycles. The van der Waals surface area contributed by atoms with E-state index in [1.165, 1.54) is 5.56 Å². The Morgan fingerprint density at radius 1 is 1.24 bits per heavy atom. The molecule has 0 bridgehead atoms. The molecule has 0 aliphatic rings. The van der Waals surface area contributed by atoms with Gasteiger partial charge in [-0.15, -0.1) is 0 Å². The monoisotopic (exact) mass is 303 g/mol. The molecule has 1 aromatic carbocycles. The zero-order valence-electron chi connectivity index (χ0n) is 12.7. The molecule has 2 nitrogen and oxygen atoms in total. The van der Waals surface area contributed by atoms with Crippen molar-refractivity contribution in [3.05, 3.63) is 35.4 Å². The summed E-state index contributed by atoms with van der Waals surface area (Å²) in [5.41, 5.74) is 2.37. The van der Waals surface area contributed by atoms with E-state index in [1.807, 2.05) is 19.1 Å². The maximum Gasteiger partial charge on any atom is 0.411 e. The second kappa shape index (κ2) is 9.05. The number of halogens is 3. The third-order valence-electron chi connectivity index (χ3n) is 3.16. The first-order chi connectivity index (χ1) is 9.96. The summed E-state index contributed by atoms with van der Waals surface area (Å²) >= 11 is 0. The van der Waals surface area contributed by atoms with Crippen LogP contribution in [0.5, 0.6) is 0 Å². The lowest BCUT2D eigenvalue weighted by Crippen LogP contribution is -2.24. The normalized spacial score (nSPS) is 13.4. The lowest BCUT2D eigenvalue weighted by molar-refractivity contribution is -0.174. The van der Waals surface area contributed by atoms with E-state index < -0.39 is 12.8 Å². The highest BCUT2D eigenvalue weighted by atomic mass is 19.4. The standard InChI is InChI=1S/C16H24F3NO/c1-3-6-13-7-5-8-14(11-13)15(20-4-2)9-10-21-12-16(17,18)19/h5,7-8,11,15,20H,3-4,6,9-10,12H2,1-2H3. The van der Waals surface area contributed by atoms with E-state index in [4.69, 9.17) is 4.74 Å². The van der Waals surface area contributed by atoms with Crippen molar-refractivity contribution in [2.24, 2.45) is 0 Å². The SMILES string of the molecule is CCCc1cccc(C(CCOCC(F)(F)F)NCC)c1. The van der Waals surface area contributed by atoms with Gasteiger partial charge in [0.25, 0.3) is 0 Å². The average molecular weight is 303 g/mol. The van der Waals surface area contributed by atoms with Crippen molar-refractivity contribution in [2.45, 2.75) is 45.3 Å². The summed E-state index contributed by atoms with van der Waals surface area (Å²) in [6.45, 7) is 3.79. The summed E-state index contributed by atoms with van der Waals surface area (Å²) in [5.74, 6) is 0. The Balaban J connectivity index is 2.57. The minimum absolute atomic E-state index is 0.0278. The number of hydrogen-bond acceptors (Lipinski definition) is 2. The highest BCUT2D eigenvalue weighted by Crippen LogP contribution is 2.20. The molecule has 1 unspecified atom stereocenters. The van der Waals surface area contributed by atoms with Crippen LogP contribution in [0.4, 0.5) is 13.2 Å². The Kier molecular flexibility index (Phi) is 7.75. The van der Waals surface area contributed by atoms with Crippen molar-refractivity contribution in [1.29, 1.82) is 0 Å². The summed E-state index contributed by atoms with van der Waals surface area (Å²) in [6, 6.07) is 8.24. The first kappa shape index (κ1) is 18.0. The largest absolute Gasteiger partial charge is 0.411 e. The number of aryl methyl sites for hydroxylation is 1. The topological polar surface area (TPSA) is 21.3 Å². The highest BCUT2D eigenvalue weighted by molar-refractivity contribution is 5.26. The Bertz CT molecular complexity index is 407. The zero-order chi connectivity index (χ0) is 15.7. The van der Waals surface area contributed by atoms with Gasteiger partial charge in [-0.3, -0.25) is 0 Å². The Labute approximate surface area is 124 Å². The molecule has 5 heteroatoms. The fourth-order valence-corrected chi connectivity index (χ4v) is 2.28. The van der Waals surface area contributed by atoms with E-state index in [0.717, 1.165) is 24.9 Å². The predicted molar refractivity (Wildman–Crippen MR) is 78.3 cm³/mol. The number of rotatable bonds is 9. The summed E-state index contributed by atoms with van der Waals surface area (Å²) in [6.07, 6.45) is -1.64. The maximum absolute atomic E-state index is 12.0. The van der Waals surface area contributed by atoms with Crippen LogP contribution < -0.4 is 5.32 Å². The van der Waals surface area contributed by atoms with Crippen LogP contribution in [0.2, 0.25) is 0 Å². The lowest BCUT2D eigenvalue weighted by atomic mass is 10.00. The summed E-state index contributed by atoms with van der Waals surface area (Å²) in [4.78, 5) is 0. The number of hydrogen-bond donors (Lipinski definition) is 1. The van der Waals surface area contributed by atoms with Crippen LogP contribution in [-0.4, -0.2) is 25.9 Å². The summed E-state index contributed by atoms with van der Waals surface area (Å²) in [5, 5.41) is 3.30. The van der Waals surface area contributed by atoms with Crippen molar-refractivity contribution >= 4 is 0 Å². The second-order valence-corrected chi connectivity index (χ2v) is 5.06. The first-order valence-electron chi connectivity index (χ1n) is 7.43. The van der Waals surface area contributed by atoms with Gasteiger partial charge in [-0.05, 0) is 30.5 Å². The van der Waals surface area contributed by atoms with E-state index in [2.05, 4.69) is 24.4 Å². The average Bonchev–Trinajstić information content (AvgIpc) is 2.42. The van der Waals surface area contributed by atoms with E-state index in [1.54, 1.807) is 0 Å². The number of ether oxygens (including phenoxy) is 1.